The van der Waals surface area contributed by atoms with Crippen LogP contribution < -0.4 is 0 Å². The number of carbonyl (C=O) groups excluding carboxylic acids is 1. The van der Waals surface area contributed by atoms with Crippen molar-refractivity contribution in [1.82, 2.24) is 0 Å². The minimum atomic E-state index is -0.525. The minimum absolute atomic E-state index is 0.000139. The van der Waals surface area contributed by atoms with Crippen LogP contribution in [0.3, 0.4) is 0 Å². The zero-order chi connectivity index (χ0) is 25.5. The Morgan fingerprint density at radius 3 is 2.66 bits per heavy atom. The van der Waals surface area contributed by atoms with E-state index in [4.69, 9.17) is 25.8 Å². The summed E-state index contributed by atoms with van der Waals surface area (Å²) in [7, 11) is 0. The number of unbranched alkanes of at least 4 members (excludes halogenated alkanes) is 3. The lowest BCUT2D eigenvalue weighted by Crippen LogP contribution is -2.30. The van der Waals surface area contributed by atoms with Crippen LogP contribution in [0.4, 0.5) is 0 Å². The van der Waals surface area contributed by atoms with Gasteiger partial charge in [0.15, 0.2) is 6.29 Å². The highest BCUT2D eigenvalue weighted by Gasteiger charge is 2.42. The molecule has 1 saturated heterocycles. The van der Waals surface area contributed by atoms with E-state index in [-0.39, 0.29) is 35.8 Å². The lowest BCUT2D eigenvalue weighted by molar-refractivity contribution is -0.192. The number of hydrogen-bond donors (Lipinski definition) is 2. The van der Waals surface area contributed by atoms with E-state index in [0.717, 1.165) is 77.2 Å². The maximum Gasteiger partial charge on any atom is 0.305 e. The van der Waals surface area contributed by atoms with E-state index in [1.54, 1.807) is 6.92 Å². The van der Waals surface area contributed by atoms with Crippen molar-refractivity contribution in [3.8, 4) is 0 Å². The van der Waals surface area contributed by atoms with Crippen molar-refractivity contribution >= 4 is 17.6 Å². The molecule has 1 aliphatic heterocycles. The largest absolute Gasteiger partial charge is 0.466 e. The van der Waals surface area contributed by atoms with Crippen LogP contribution in [-0.4, -0.2) is 59.4 Å². The van der Waals surface area contributed by atoms with Crippen molar-refractivity contribution in [2.24, 2.45) is 11.8 Å². The van der Waals surface area contributed by atoms with Crippen molar-refractivity contribution in [1.29, 1.82) is 0 Å². The van der Waals surface area contributed by atoms with Gasteiger partial charge >= 0.3 is 5.97 Å². The van der Waals surface area contributed by atoms with Crippen molar-refractivity contribution in [2.75, 3.05) is 13.2 Å². The van der Waals surface area contributed by atoms with Crippen LogP contribution in [-0.2, 0) is 19.0 Å². The number of rotatable bonds is 17. The second-order valence-electron chi connectivity index (χ2n) is 10.4. The fourth-order valence-corrected chi connectivity index (χ4v) is 5.61. The van der Waals surface area contributed by atoms with Gasteiger partial charge < -0.3 is 24.4 Å². The summed E-state index contributed by atoms with van der Waals surface area (Å²) in [6, 6.07) is 0. The van der Waals surface area contributed by atoms with E-state index < -0.39 is 6.10 Å². The number of alkyl halides is 1. The zero-order valence-electron chi connectivity index (χ0n) is 21.9. The topological polar surface area (TPSA) is 85.2 Å². The molecule has 1 unspecified atom stereocenters. The van der Waals surface area contributed by atoms with Gasteiger partial charge in [-0.25, -0.2) is 0 Å². The summed E-state index contributed by atoms with van der Waals surface area (Å²) < 4.78 is 17.4. The average Bonchev–Trinajstić information content (AvgIpc) is 3.12. The number of halogens is 1. The third-order valence-corrected chi connectivity index (χ3v) is 7.62. The van der Waals surface area contributed by atoms with Gasteiger partial charge in [-0.15, -0.1) is 11.6 Å². The Labute approximate surface area is 217 Å². The lowest BCUT2D eigenvalue weighted by Gasteiger charge is -2.29. The molecule has 2 rings (SSSR count). The number of aliphatic hydroxyl groups is 2. The predicted molar refractivity (Wildman–Crippen MR) is 139 cm³/mol. The van der Waals surface area contributed by atoms with E-state index in [2.05, 4.69) is 6.08 Å². The summed E-state index contributed by atoms with van der Waals surface area (Å²) in [4.78, 5) is 11.7. The molecule has 0 amide bonds. The van der Waals surface area contributed by atoms with Crippen LogP contribution in [0.2, 0.25) is 0 Å². The molecule has 0 aromatic carbocycles. The summed E-state index contributed by atoms with van der Waals surface area (Å²) in [5.74, 6) is 0.352. The molecule has 0 aromatic heterocycles. The second-order valence-corrected chi connectivity index (χ2v) is 10.9. The molecule has 2 fully saturated rings. The van der Waals surface area contributed by atoms with Crippen LogP contribution in [0.5, 0.6) is 0 Å². The summed E-state index contributed by atoms with van der Waals surface area (Å²) in [6.45, 7) is 5.04. The Morgan fingerprint density at radius 1 is 1.14 bits per heavy atom. The Kier molecular flexibility index (Phi) is 15.5. The summed E-state index contributed by atoms with van der Waals surface area (Å²) in [5, 5.41) is 19.9. The molecule has 204 valence electrons. The molecule has 0 aromatic rings. The highest BCUT2D eigenvalue weighted by Crippen LogP contribution is 2.42. The SMILES string of the molecule is CCCOC(=O)CCCCCC[C@@H]1[C@H](C=C[C@@H](O)CCC[C@@H](C)O)[C@H](OC2CCCCO2)C[C@@H]1Cl. The Bertz CT molecular complexity index is 592. The van der Waals surface area contributed by atoms with E-state index in [1.807, 2.05) is 13.0 Å². The Morgan fingerprint density at radius 2 is 1.94 bits per heavy atom. The highest BCUT2D eigenvalue weighted by atomic mass is 35.5. The van der Waals surface area contributed by atoms with Gasteiger partial charge in [0.1, 0.15) is 0 Å². The molecule has 2 N–H and O–H groups in total. The fraction of sp³-hybridized carbons (Fsp3) is 0.893. The van der Waals surface area contributed by atoms with Gasteiger partial charge in [-0.05, 0) is 77.0 Å². The van der Waals surface area contributed by atoms with Gasteiger partial charge in [-0.1, -0.05) is 38.3 Å². The predicted octanol–water partition coefficient (Wildman–Crippen LogP) is 5.90. The quantitative estimate of drug-likeness (QED) is 0.108. The number of esters is 1. The van der Waals surface area contributed by atoms with Crippen molar-refractivity contribution in [3.05, 3.63) is 12.2 Å². The first-order valence-electron chi connectivity index (χ1n) is 14.0. The minimum Gasteiger partial charge on any atom is -0.466 e. The maximum atomic E-state index is 11.7. The second kappa shape index (κ2) is 17.7. The van der Waals surface area contributed by atoms with E-state index in [0.29, 0.717) is 31.8 Å². The molecule has 6 nitrogen and oxygen atoms in total. The Hall–Kier alpha value is -0.660. The molecular formula is C28H49ClO6. The molecule has 0 spiro atoms. The van der Waals surface area contributed by atoms with Gasteiger partial charge in [0, 0.05) is 24.3 Å². The molecule has 1 saturated carbocycles. The highest BCUT2D eigenvalue weighted by molar-refractivity contribution is 6.21. The summed E-state index contributed by atoms with van der Waals surface area (Å²) in [5.41, 5.74) is 0. The lowest BCUT2D eigenvalue weighted by atomic mass is 9.88. The van der Waals surface area contributed by atoms with Gasteiger partial charge in [0.2, 0.25) is 0 Å². The van der Waals surface area contributed by atoms with E-state index in [1.165, 1.54) is 0 Å². The van der Waals surface area contributed by atoms with Gasteiger partial charge in [0.25, 0.3) is 0 Å². The molecular weight excluding hydrogens is 468 g/mol. The van der Waals surface area contributed by atoms with E-state index >= 15 is 0 Å². The molecule has 1 aliphatic carbocycles. The number of hydrogen-bond acceptors (Lipinski definition) is 6. The van der Waals surface area contributed by atoms with Crippen molar-refractivity contribution < 1.29 is 29.2 Å². The summed E-state index contributed by atoms with van der Waals surface area (Å²) in [6.07, 6.45) is 15.4. The Balaban J connectivity index is 1.85. The van der Waals surface area contributed by atoms with Crippen LogP contribution >= 0.6 is 11.6 Å². The standard InChI is InChI=1S/C28H49ClO6/c1-3-18-33-27(32)14-7-5-4-6-13-23-24(17-16-22(31)12-10-11-21(2)30)26(20-25(23)29)35-28-15-8-9-19-34-28/h16-17,21-26,28,30-31H,3-15,18-20H2,1-2H3/t21-,22+,23-,24+,25+,26-,28?/m1/s1. The fourth-order valence-electron chi connectivity index (χ4n) is 5.14. The van der Waals surface area contributed by atoms with Crippen LogP contribution in [0.25, 0.3) is 0 Å². The monoisotopic (exact) mass is 516 g/mol. The first-order valence-corrected chi connectivity index (χ1v) is 14.5. The first-order chi connectivity index (χ1) is 16.9. The molecule has 1 heterocycles. The first kappa shape index (κ1) is 30.6. The molecule has 7 atom stereocenters. The normalized spacial score (nSPS) is 28.9. The van der Waals surface area contributed by atoms with E-state index in [9.17, 15) is 15.0 Å². The maximum absolute atomic E-state index is 11.7. The molecule has 2 aliphatic rings. The average molecular weight is 517 g/mol. The van der Waals surface area contributed by atoms with Gasteiger partial charge in [-0.2, -0.15) is 0 Å². The number of ether oxygens (including phenoxy) is 3. The molecule has 7 heteroatoms. The summed E-state index contributed by atoms with van der Waals surface area (Å²) >= 11 is 6.84. The smallest absolute Gasteiger partial charge is 0.305 e. The molecule has 0 bridgehead atoms. The van der Waals surface area contributed by atoms with Crippen LogP contribution in [0.15, 0.2) is 12.2 Å². The van der Waals surface area contributed by atoms with Crippen molar-refractivity contribution in [2.45, 2.75) is 134 Å². The molecule has 0 radical (unpaired) electrons. The number of aliphatic hydroxyl groups excluding tert-OH is 2. The van der Waals surface area contributed by atoms with Gasteiger partial charge in [0.05, 0.1) is 24.9 Å². The van der Waals surface area contributed by atoms with Crippen molar-refractivity contribution in [3.63, 3.8) is 0 Å². The third-order valence-electron chi connectivity index (χ3n) is 7.12. The molecule has 35 heavy (non-hydrogen) atoms. The third kappa shape index (κ3) is 12.4. The van der Waals surface area contributed by atoms with Crippen LogP contribution in [0.1, 0.15) is 104 Å². The number of carbonyl (C=O) groups is 1. The van der Waals surface area contributed by atoms with Crippen LogP contribution in [0, 0.1) is 11.8 Å². The zero-order valence-corrected chi connectivity index (χ0v) is 22.7. The van der Waals surface area contributed by atoms with Gasteiger partial charge in [-0.3, -0.25) is 4.79 Å².